The van der Waals surface area contributed by atoms with E-state index >= 15 is 0 Å². The van der Waals surface area contributed by atoms with E-state index in [9.17, 15) is 4.79 Å². The molecule has 22 heavy (non-hydrogen) atoms. The minimum atomic E-state index is -0.177. The highest BCUT2D eigenvalue weighted by Gasteiger charge is 2.31. The third kappa shape index (κ3) is 2.57. The zero-order valence-corrected chi connectivity index (χ0v) is 13.6. The number of amides is 1. The predicted octanol–water partition coefficient (Wildman–Crippen LogP) is 4.79. The minimum absolute atomic E-state index is 0.0804. The number of fused-ring (bicyclic) bond motifs is 1. The van der Waals surface area contributed by atoms with Gasteiger partial charge in [0.15, 0.2) is 0 Å². The quantitative estimate of drug-likeness (QED) is 0.865. The van der Waals surface area contributed by atoms with E-state index in [0.717, 1.165) is 11.1 Å². The van der Waals surface area contributed by atoms with Gasteiger partial charge in [-0.15, -0.1) is 0 Å². The lowest BCUT2D eigenvalue weighted by Gasteiger charge is -2.12. The van der Waals surface area contributed by atoms with Crippen molar-refractivity contribution in [3.05, 3.63) is 58.1 Å². The van der Waals surface area contributed by atoms with Crippen LogP contribution in [-0.4, -0.2) is 12.0 Å². The van der Waals surface area contributed by atoms with Crippen molar-refractivity contribution >= 4 is 23.2 Å². The van der Waals surface area contributed by atoms with E-state index in [0.29, 0.717) is 22.0 Å². The Bertz CT molecular complexity index is 742. The van der Waals surface area contributed by atoms with Crippen LogP contribution >= 0.6 is 11.6 Å². The zero-order chi connectivity index (χ0) is 15.9. The molecule has 1 amide bonds. The molecule has 0 spiro atoms. The summed E-state index contributed by atoms with van der Waals surface area (Å²) >= 11 is 6.00. The smallest absolute Gasteiger partial charge is 0.259 e. The Morgan fingerprint density at radius 2 is 2.00 bits per heavy atom. The maximum absolute atomic E-state index is 12.6. The molecule has 114 valence electrons. The molecule has 1 aliphatic rings. The van der Waals surface area contributed by atoms with Crippen LogP contribution in [0.4, 0.5) is 5.69 Å². The number of para-hydroxylation sites is 1. The van der Waals surface area contributed by atoms with Crippen LogP contribution in [0.25, 0.3) is 0 Å². The molecule has 4 heteroatoms. The Labute approximate surface area is 135 Å². The van der Waals surface area contributed by atoms with Gasteiger partial charge >= 0.3 is 0 Å². The van der Waals surface area contributed by atoms with E-state index in [2.05, 4.69) is 12.2 Å². The summed E-state index contributed by atoms with van der Waals surface area (Å²) in [6.45, 7) is 6.06. The summed E-state index contributed by atoms with van der Waals surface area (Å²) < 4.78 is 5.88. The van der Waals surface area contributed by atoms with Crippen molar-refractivity contribution in [2.75, 3.05) is 5.32 Å². The fraction of sp³-hybridized carbons (Fsp3) is 0.278. The lowest BCUT2D eigenvalue weighted by atomic mass is 9.97. The summed E-state index contributed by atoms with van der Waals surface area (Å²) in [7, 11) is 0. The molecule has 0 radical (unpaired) electrons. The first kappa shape index (κ1) is 14.9. The molecule has 2 atom stereocenters. The molecule has 1 aliphatic heterocycles. The Morgan fingerprint density at radius 1 is 1.23 bits per heavy atom. The summed E-state index contributed by atoms with van der Waals surface area (Å²) in [5.74, 6) is 0.804. The first-order valence-corrected chi connectivity index (χ1v) is 7.72. The van der Waals surface area contributed by atoms with Crippen molar-refractivity contribution in [1.29, 1.82) is 0 Å². The standard InChI is InChI=1S/C18H18ClNO2/c1-10-7-8-13(19)9-16(10)20-18(21)15-6-4-5-14-11(2)12(3)22-17(14)15/h4-9,11-12H,1-3H3,(H,20,21). The van der Waals surface area contributed by atoms with Crippen LogP contribution in [0.1, 0.15) is 41.3 Å². The second kappa shape index (κ2) is 5.65. The molecule has 3 nitrogen and oxygen atoms in total. The maximum Gasteiger partial charge on any atom is 0.259 e. The van der Waals surface area contributed by atoms with Gasteiger partial charge in [-0.25, -0.2) is 0 Å². The molecule has 0 bridgehead atoms. The Hall–Kier alpha value is -2.00. The van der Waals surface area contributed by atoms with E-state index in [4.69, 9.17) is 16.3 Å². The number of hydrogen-bond donors (Lipinski definition) is 1. The highest BCUT2D eigenvalue weighted by atomic mass is 35.5. The topological polar surface area (TPSA) is 38.3 Å². The van der Waals surface area contributed by atoms with Crippen molar-refractivity contribution in [3.8, 4) is 5.75 Å². The SMILES string of the molecule is Cc1ccc(Cl)cc1NC(=O)c1cccc2c1OC(C)C2C. The van der Waals surface area contributed by atoms with Crippen molar-refractivity contribution in [1.82, 2.24) is 0 Å². The predicted molar refractivity (Wildman–Crippen MR) is 89.1 cm³/mol. The van der Waals surface area contributed by atoms with Gasteiger partial charge < -0.3 is 10.1 Å². The molecule has 2 aromatic carbocycles. The van der Waals surface area contributed by atoms with Gasteiger partial charge in [0.2, 0.25) is 0 Å². The first-order chi connectivity index (χ1) is 10.5. The Morgan fingerprint density at radius 3 is 2.77 bits per heavy atom. The van der Waals surface area contributed by atoms with E-state index < -0.39 is 0 Å². The molecule has 1 N–H and O–H groups in total. The molecule has 0 saturated heterocycles. The van der Waals surface area contributed by atoms with E-state index in [1.54, 1.807) is 18.2 Å². The van der Waals surface area contributed by atoms with Gasteiger partial charge in [-0.2, -0.15) is 0 Å². The minimum Gasteiger partial charge on any atom is -0.489 e. The molecule has 0 aliphatic carbocycles. The molecular weight excluding hydrogens is 298 g/mol. The van der Waals surface area contributed by atoms with E-state index in [-0.39, 0.29) is 17.9 Å². The van der Waals surface area contributed by atoms with Crippen LogP contribution in [0, 0.1) is 6.92 Å². The number of halogens is 1. The van der Waals surface area contributed by atoms with Crippen LogP contribution in [0.15, 0.2) is 36.4 Å². The number of hydrogen-bond acceptors (Lipinski definition) is 2. The fourth-order valence-electron chi connectivity index (χ4n) is 2.68. The van der Waals surface area contributed by atoms with Gasteiger partial charge in [0.25, 0.3) is 5.91 Å². The summed E-state index contributed by atoms with van der Waals surface area (Å²) in [6.07, 6.45) is 0.0804. The summed E-state index contributed by atoms with van der Waals surface area (Å²) in [5, 5.41) is 3.52. The second-order valence-electron chi connectivity index (χ2n) is 5.75. The Kier molecular flexibility index (Phi) is 3.83. The van der Waals surface area contributed by atoms with Crippen molar-refractivity contribution < 1.29 is 9.53 Å². The number of rotatable bonds is 2. The average molecular weight is 316 g/mol. The molecule has 3 rings (SSSR count). The van der Waals surface area contributed by atoms with Gasteiger partial charge in [-0.3, -0.25) is 4.79 Å². The van der Waals surface area contributed by atoms with Crippen LogP contribution in [0.2, 0.25) is 5.02 Å². The fourth-order valence-corrected chi connectivity index (χ4v) is 2.86. The van der Waals surface area contributed by atoms with Crippen molar-refractivity contribution in [2.24, 2.45) is 0 Å². The molecule has 0 saturated carbocycles. The lowest BCUT2D eigenvalue weighted by Crippen LogP contribution is -2.15. The summed E-state index contributed by atoms with van der Waals surface area (Å²) in [6, 6.07) is 11.2. The van der Waals surface area contributed by atoms with Gasteiger partial charge in [0, 0.05) is 22.2 Å². The van der Waals surface area contributed by atoms with Gasteiger partial charge in [-0.1, -0.05) is 36.7 Å². The highest BCUT2D eigenvalue weighted by Crippen LogP contribution is 2.40. The monoisotopic (exact) mass is 315 g/mol. The number of nitrogens with one attached hydrogen (secondary N) is 1. The summed E-state index contributed by atoms with van der Waals surface area (Å²) in [4.78, 5) is 12.6. The third-order valence-corrected chi connectivity index (χ3v) is 4.47. The van der Waals surface area contributed by atoms with Crippen LogP contribution in [0.3, 0.4) is 0 Å². The number of benzene rings is 2. The molecule has 0 aromatic heterocycles. The number of aryl methyl sites for hydroxylation is 1. The van der Waals surface area contributed by atoms with Crippen molar-refractivity contribution in [2.45, 2.75) is 32.8 Å². The zero-order valence-electron chi connectivity index (χ0n) is 12.8. The van der Waals surface area contributed by atoms with Crippen LogP contribution < -0.4 is 10.1 Å². The average Bonchev–Trinajstić information content (AvgIpc) is 2.78. The number of carbonyl (C=O) groups excluding carboxylic acids is 1. The normalized spacial score (nSPS) is 19.5. The third-order valence-electron chi connectivity index (χ3n) is 4.24. The van der Waals surface area contributed by atoms with Crippen LogP contribution in [-0.2, 0) is 0 Å². The van der Waals surface area contributed by atoms with Crippen LogP contribution in [0.5, 0.6) is 5.75 Å². The van der Waals surface area contributed by atoms with Gasteiger partial charge in [0.1, 0.15) is 11.9 Å². The molecule has 0 fully saturated rings. The number of anilines is 1. The molecule has 2 unspecified atom stereocenters. The molecule has 1 heterocycles. The maximum atomic E-state index is 12.6. The largest absolute Gasteiger partial charge is 0.489 e. The van der Waals surface area contributed by atoms with Crippen molar-refractivity contribution in [3.63, 3.8) is 0 Å². The highest BCUT2D eigenvalue weighted by molar-refractivity contribution is 6.31. The molecular formula is C18H18ClNO2. The number of ether oxygens (including phenoxy) is 1. The number of carbonyl (C=O) groups is 1. The first-order valence-electron chi connectivity index (χ1n) is 7.34. The molecule has 2 aromatic rings. The van der Waals surface area contributed by atoms with Gasteiger partial charge in [-0.05, 0) is 37.6 Å². The second-order valence-corrected chi connectivity index (χ2v) is 6.19. The van der Waals surface area contributed by atoms with Gasteiger partial charge in [0.05, 0.1) is 5.56 Å². The Balaban J connectivity index is 1.93. The van der Waals surface area contributed by atoms with E-state index in [1.807, 2.05) is 32.0 Å². The lowest BCUT2D eigenvalue weighted by molar-refractivity contribution is 0.102. The summed E-state index contributed by atoms with van der Waals surface area (Å²) in [5.41, 5.74) is 3.33. The van der Waals surface area contributed by atoms with E-state index in [1.165, 1.54) is 0 Å².